The van der Waals surface area contributed by atoms with Crippen LogP contribution in [-0.2, 0) is 13.2 Å². The van der Waals surface area contributed by atoms with Crippen LogP contribution in [0.4, 0.5) is 0 Å². The first-order valence-electron chi connectivity index (χ1n) is 6.57. The summed E-state index contributed by atoms with van der Waals surface area (Å²) in [5.74, 6) is 1.70. The van der Waals surface area contributed by atoms with E-state index >= 15 is 0 Å². The van der Waals surface area contributed by atoms with Gasteiger partial charge in [0, 0.05) is 30.1 Å². The van der Waals surface area contributed by atoms with E-state index in [-0.39, 0.29) is 0 Å². The average molecular weight is 272 g/mol. The van der Waals surface area contributed by atoms with Crippen molar-refractivity contribution >= 4 is 0 Å². The molecule has 1 heterocycles. The highest BCUT2D eigenvalue weighted by Gasteiger charge is 2.06. The monoisotopic (exact) mass is 272 g/mol. The van der Waals surface area contributed by atoms with Crippen molar-refractivity contribution in [1.82, 2.24) is 10.3 Å². The molecule has 0 bridgehead atoms. The summed E-state index contributed by atoms with van der Waals surface area (Å²) in [7, 11) is 3.57. The van der Waals surface area contributed by atoms with Crippen molar-refractivity contribution < 1.29 is 9.47 Å². The van der Waals surface area contributed by atoms with Crippen LogP contribution in [-0.4, -0.2) is 19.1 Å². The van der Waals surface area contributed by atoms with Gasteiger partial charge in [0.25, 0.3) is 0 Å². The van der Waals surface area contributed by atoms with Crippen molar-refractivity contribution in [3.63, 3.8) is 0 Å². The maximum Gasteiger partial charge on any atom is 0.124 e. The maximum absolute atomic E-state index is 5.89. The lowest BCUT2D eigenvalue weighted by Crippen LogP contribution is -2.08. The van der Waals surface area contributed by atoms with Crippen LogP contribution in [0.3, 0.4) is 0 Å². The van der Waals surface area contributed by atoms with E-state index in [1.165, 1.54) is 0 Å². The molecule has 2 rings (SSSR count). The van der Waals surface area contributed by atoms with E-state index < -0.39 is 0 Å². The topological polar surface area (TPSA) is 43.4 Å². The van der Waals surface area contributed by atoms with Crippen LogP contribution in [0.1, 0.15) is 16.7 Å². The number of aromatic nitrogens is 1. The highest BCUT2D eigenvalue weighted by Crippen LogP contribution is 2.25. The number of hydrogen-bond donors (Lipinski definition) is 1. The fourth-order valence-electron chi connectivity index (χ4n) is 2.01. The Bertz CT molecular complexity index is 570. The first-order valence-corrected chi connectivity index (χ1v) is 6.57. The summed E-state index contributed by atoms with van der Waals surface area (Å²) in [5.41, 5.74) is 3.28. The molecule has 0 amide bonds. The summed E-state index contributed by atoms with van der Waals surface area (Å²) in [4.78, 5) is 4.17. The molecule has 0 aliphatic carbocycles. The number of pyridine rings is 1. The third kappa shape index (κ3) is 3.71. The summed E-state index contributed by atoms with van der Waals surface area (Å²) in [5, 5.41) is 3.14. The van der Waals surface area contributed by atoms with Crippen molar-refractivity contribution in [1.29, 1.82) is 0 Å². The number of ether oxygens (including phenoxy) is 2. The largest absolute Gasteiger partial charge is 0.497 e. The van der Waals surface area contributed by atoms with Crippen LogP contribution in [0.15, 0.2) is 36.7 Å². The van der Waals surface area contributed by atoms with Gasteiger partial charge in [0.15, 0.2) is 0 Å². The molecule has 0 aliphatic rings. The molecule has 4 heteroatoms. The SMILES string of the molecule is CNCc1cc(OC)ccc1OCc1cncc(C)c1. The minimum atomic E-state index is 0.512. The molecule has 2 aromatic rings. The van der Waals surface area contributed by atoms with E-state index in [0.29, 0.717) is 6.61 Å². The van der Waals surface area contributed by atoms with Gasteiger partial charge in [-0.3, -0.25) is 4.98 Å². The number of nitrogens with zero attached hydrogens (tertiary/aromatic N) is 1. The van der Waals surface area contributed by atoms with Gasteiger partial charge in [0.05, 0.1) is 7.11 Å². The third-order valence-electron chi connectivity index (χ3n) is 2.96. The fraction of sp³-hybridized carbons (Fsp3) is 0.312. The molecule has 0 aliphatic heterocycles. The van der Waals surface area contributed by atoms with Gasteiger partial charge in [-0.2, -0.15) is 0 Å². The zero-order chi connectivity index (χ0) is 14.4. The average Bonchev–Trinajstić information content (AvgIpc) is 2.46. The second-order valence-corrected chi connectivity index (χ2v) is 4.66. The lowest BCUT2D eigenvalue weighted by Gasteiger charge is -2.13. The molecule has 0 saturated carbocycles. The Morgan fingerprint density at radius 3 is 2.75 bits per heavy atom. The first-order chi connectivity index (χ1) is 9.72. The van der Waals surface area contributed by atoms with Crippen LogP contribution >= 0.6 is 0 Å². The second-order valence-electron chi connectivity index (χ2n) is 4.66. The summed E-state index contributed by atoms with van der Waals surface area (Å²) in [6.45, 7) is 3.27. The maximum atomic E-state index is 5.89. The predicted octanol–water partition coefficient (Wildman–Crippen LogP) is 2.70. The van der Waals surface area contributed by atoms with Crippen molar-refractivity contribution in [2.75, 3.05) is 14.2 Å². The molecule has 1 aromatic carbocycles. The smallest absolute Gasteiger partial charge is 0.124 e. The van der Waals surface area contributed by atoms with Gasteiger partial charge in [-0.25, -0.2) is 0 Å². The quantitative estimate of drug-likeness (QED) is 0.878. The minimum absolute atomic E-state index is 0.512. The summed E-state index contributed by atoms with van der Waals surface area (Å²) >= 11 is 0. The molecule has 0 spiro atoms. The highest BCUT2D eigenvalue weighted by molar-refractivity contribution is 5.40. The highest BCUT2D eigenvalue weighted by atomic mass is 16.5. The Morgan fingerprint density at radius 2 is 2.05 bits per heavy atom. The number of aryl methyl sites for hydroxylation is 1. The second kappa shape index (κ2) is 6.91. The minimum Gasteiger partial charge on any atom is -0.497 e. The van der Waals surface area contributed by atoms with Crippen LogP contribution in [0, 0.1) is 6.92 Å². The molecule has 0 saturated heterocycles. The van der Waals surface area contributed by atoms with Crippen molar-refractivity contribution in [2.24, 2.45) is 0 Å². The number of rotatable bonds is 6. The molecule has 0 unspecified atom stereocenters. The molecule has 4 nitrogen and oxygen atoms in total. The molecule has 0 radical (unpaired) electrons. The normalized spacial score (nSPS) is 10.3. The van der Waals surface area contributed by atoms with E-state index in [1.807, 2.05) is 44.6 Å². The van der Waals surface area contributed by atoms with E-state index in [9.17, 15) is 0 Å². The van der Waals surface area contributed by atoms with Gasteiger partial charge < -0.3 is 14.8 Å². The van der Waals surface area contributed by atoms with Crippen molar-refractivity contribution in [2.45, 2.75) is 20.1 Å². The summed E-state index contributed by atoms with van der Waals surface area (Å²) < 4.78 is 11.1. The molecule has 1 aromatic heterocycles. The Kier molecular flexibility index (Phi) is 4.96. The molecular formula is C16H20N2O2. The lowest BCUT2D eigenvalue weighted by atomic mass is 10.2. The predicted molar refractivity (Wildman–Crippen MR) is 79.1 cm³/mol. The van der Waals surface area contributed by atoms with Crippen molar-refractivity contribution in [3.8, 4) is 11.5 Å². The summed E-state index contributed by atoms with van der Waals surface area (Å²) in [6.07, 6.45) is 3.66. The van der Waals surface area contributed by atoms with Gasteiger partial charge >= 0.3 is 0 Å². The Labute approximate surface area is 119 Å². The van der Waals surface area contributed by atoms with Gasteiger partial charge in [0.1, 0.15) is 18.1 Å². The zero-order valence-corrected chi connectivity index (χ0v) is 12.1. The number of methoxy groups -OCH3 is 1. The Balaban J connectivity index is 2.12. The number of benzene rings is 1. The molecule has 1 N–H and O–H groups in total. The van der Waals surface area contributed by atoms with E-state index in [4.69, 9.17) is 9.47 Å². The number of hydrogen-bond acceptors (Lipinski definition) is 4. The van der Waals surface area contributed by atoms with E-state index in [0.717, 1.165) is 34.7 Å². The first kappa shape index (κ1) is 14.3. The Hall–Kier alpha value is -2.07. The molecule has 0 atom stereocenters. The molecular weight excluding hydrogens is 252 g/mol. The van der Waals surface area contributed by atoms with Crippen LogP contribution in [0.5, 0.6) is 11.5 Å². The zero-order valence-electron chi connectivity index (χ0n) is 12.1. The van der Waals surface area contributed by atoms with Crippen molar-refractivity contribution in [3.05, 3.63) is 53.3 Å². The summed E-state index contributed by atoms with van der Waals surface area (Å²) in [6, 6.07) is 7.91. The van der Waals surface area contributed by atoms with Crippen LogP contribution in [0.2, 0.25) is 0 Å². The molecule has 20 heavy (non-hydrogen) atoms. The van der Waals surface area contributed by atoms with Gasteiger partial charge in [-0.1, -0.05) is 0 Å². The van der Waals surface area contributed by atoms with Crippen LogP contribution < -0.4 is 14.8 Å². The van der Waals surface area contributed by atoms with Gasteiger partial charge in [-0.05, 0) is 43.8 Å². The standard InChI is InChI=1S/C16H20N2O2/c1-12-6-13(9-18-8-12)11-20-16-5-4-15(19-3)7-14(16)10-17-2/h4-9,17H,10-11H2,1-3H3. The van der Waals surface area contributed by atoms with Crippen LogP contribution in [0.25, 0.3) is 0 Å². The van der Waals surface area contributed by atoms with Gasteiger partial charge in [-0.15, -0.1) is 0 Å². The Morgan fingerprint density at radius 1 is 1.20 bits per heavy atom. The molecule has 106 valence electrons. The van der Waals surface area contributed by atoms with E-state index in [2.05, 4.69) is 16.4 Å². The molecule has 0 fully saturated rings. The number of nitrogens with one attached hydrogen (secondary N) is 1. The van der Waals surface area contributed by atoms with Gasteiger partial charge in [0.2, 0.25) is 0 Å². The fourth-order valence-corrected chi connectivity index (χ4v) is 2.01. The van der Waals surface area contributed by atoms with E-state index in [1.54, 1.807) is 7.11 Å². The third-order valence-corrected chi connectivity index (χ3v) is 2.96. The lowest BCUT2D eigenvalue weighted by molar-refractivity contribution is 0.301.